The number of piperazine rings is 1. The summed E-state index contributed by atoms with van der Waals surface area (Å²) in [7, 11) is 0. The Morgan fingerprint density at radius 2 is 1.70 bits per heavy atom. The maximum absolute atomic E-state index is 12.7. The number of amides is 1. The van der Waals surface area contributed by atoms with E-state index in [0.29, 0.717) is 24.6 Å². The van der Waals surface area contributed by atoms with Crippen LogP contribution in [0.4, 0.5) is 11.5 Å². The second-order valence-electron chi connectivity index (χ2n) is 8.18. The standard InChI is InChI=1S/C21H29N5O/c1-15-7-6-8-18(16(15)2)25-11-13-26(14-12-25)20(27)17-9-10-19(24-23-17)22-21(3,4)5/h6-10H,11-14H2,1-5H3,(H,22,24). The van der Waals surface area contributed by atoms with Gasteiger partial charge in [-0.3, -0.25) is 4.79 Å². The molecule has 3 rings (SSSR count). The van der Waals surface area contributed by atoms with Crippen molar-refractivity contribution >= 4 is 17.4 Å². The second-order valence-corrected chi connectivity index (χ2v) is 8.18. The summed E-state index contributed by atoms with van der Waals surface area (Å²) in [6.07, 6.45) is 0. The number of hydrogen-bond donors (Lipinski definition) is 1. The van der Waals surface area contributed by atoms with Crippen LogP contribution in [0.5, 0.6) is 0 Å². The number of carbonyl (C=O) groups excluding carboxylic acids is 1. The van der Waals surface area contributed by atoms with Crippen molar-refractivity contribution < 1.29 is 4.79 Å². The third-order valence-electron chi connectivity index (χ3n) is 4.87. The largest absolute Gasteiger partial charge is 0.368 e. The molecule has 1 aromatic heterocycles. The molecule has 6 nitrogen and oxygen atoms in total. The minimum absolute atomic E-state index is 0.0505. The molecule has 1 aliphatic rings. The number of rotatable bonds is 3. The predicted octanol–water partition coefficient (Wildman–Crippen LogP) is 3.27. The zero-order valence-electron chi connectivity index (χ0n) is 16.9. The third kappa shape index (κ3) is 4.56. The molecule has 1 aliphatic heterocycles. The molecule has 0 atom stereocenters. The summed E-state index contributed by atoms with van der Waals surface area (Å²) in [4.78, 5) is 17.0. The average molecular weight is 367 g/mol. The minimum atomic E-state index is -0.0928. The Bertz CT molecular complexity index is 802. The number of aryl methyl sites for hydroxylation is 1. The van der Waals surface area contributed by atoms with Gasteiger partial charge < -0.3 is 15.1 Å². The summed E-state index contributed by atoms with van der Waals surface area (Å²) in [6, 6.07) is 9.96. The maximum atomic E-state index is 12.7. The summed E-state index contributed by atoms with van der Waals surface area (Å²) in [6.45, 7) is 13.5. The summed E-state index contributed by atoms with van der Waals surface area (Å²) in [5.74, 6) is 0.629. The molecule has 1 amide bonds. The van der Waals surface area contributed by atoms with Crippen LogP contribution in [0, 0.1) is 13.8 Å². The molecule has 0 bridgehead atoms. The van der Waals surface area contributed by atoms with E-state index in [1.807, 2.05) is 11.0 Å². The fourth-order valence-corrected chi connectivity index (χ4v) is 3.29. The maximum Gasteiger partial charge on any atom is 0.274 e. The predicted molar refractivity (Wildman–Crippen MR) is 109 cm³/mol. The molecule has 1 fully saturated rings. The van der Waals surface area contributed by atoms with Gasteiger partial charge in [-0.1, -0.05) is 12.1 Å². The molecule has 2 aromatic rings. The van der Waals surface area contributed by atoms with E-state index in [1.165, 1.54) is 16.8 Å². The lowest BCUT2D eigenvalue weighted by molar-refractivity contribution is 0.0739. The lowest BCUT2D eigenvalue weighted by atomic mass is 10.1. The van der Waals surface area contributed by atoms with E-state index in [4.69, 9.17) is 0 Å². The van der Waals surface area contributed by atoms with Crippen LogP contribution in [-0.4, -0.2) is 52.7 Å². The number of carbonyl (C=O) groups is 1. The average Bonchev–Trinajstić information content (AvgIpc) is 2.63. The Labute approximate surface area is 161 Å². The van der Waals surface area contributed by atoms with Crippen molar-refractivity contribution in [3.8, 4) is 0 Å². The zero-order valence-corrected chi connectivity index (χ0v) is 16.9. The van der Waals surface area contributed by atoms with Crippen molar-refractivity contribution in [1.29, 1.82) is 0 Å². The van der Waals surface area contributed by atoms with Crippen LogP contribution in [0.15, 0.2) is 30.3 Å². The highest BCUT2D eigenvalue weighted by Gasteiger charge is 2.24. The Hall–Kier alpha value is -2.63. The van der Waals surface area contributed by atoms with E-state index in [0.717, 1.165) is 13.1 Å². The van der Waals surface area contributed by atoms with Crippen LogP contribution in [-0.2, 0) is 0 Å². The number of aromatic nitrogens is 2. The van der Waals surface area contributed by atoms with Crippen molar-refractivity contribution in [1.82, 2.24) is 15.1 Å². The van der Waals surface area contributed by atoms with E-state index in [9.17, 15) is 4.79 Å². The lowest BCUT2D eigenvalue weighted by Crippen LogP contribution is -2.49. The van der Waals surface area contributed by atoms with Crippen LogP contribution in [0.3, 0.4) is 0 Å². The van der Waals surface area contributed by atoms with E-state index in [2.05, 4.69) is 73.2 Å². The van der Waals surface area contributed by atoms with Crippen molar-refractivity contribution in [2.45, 2.75) is 40.2 Å². The highest BCUT2D eigenvalue weighted by atomic mass is 16.2. The summed E-state index contributed by atoms with van der Waals surface area (Å²) >= 11 is 0. The van der Waals surface area contributed by atoms with Crippen molar-refractivity contribution in [2.75, 3.05) is 36.4 Å². The molecule has 0 spiro atoms. The van der Waals surface area contributed by atoms with Crippen LogP contribution in [0.2, 0.25) is 0 Å². The summed E-state index contributed by atoms with van der Waals surface area (Å²) < 4.78 is 0. The van der Waals surface area contributed by atoms with E-state index in [1.54, 1.807) is 6.07 Å². The van der Waals surface area contributed by atoms with Crippen LogP contribution < -0.4 is 10.2 Å². The van der Waals surface area contributed by atoms with Gasteiger partial charge in [0.2, 0.25) is 0 Å². The molecule has 1 saturated heterocycles. The fourth-order valence-electron chi connectivity index (χ4n) is 3.29. The molecule has 1 N–H and O–H groups in total. The number of benzene rings is 1. The third-order valence-corrected chi connectivity index (χ3v) is 4.87. The van der Waals surface area contributed by atoms with Gasteiger partial charge in [-0.15, -0.1) is 10.2 Å². The van der Waals surface area contributed by atoms with Gasteiger partial charge in [0.15, 0.2) is 5.69 Å². The van der Waals surface area contributed by atoms with Crippen molar-refractivity contribution in [3.63, 3.8) is 0 Å². The Kier molecular flexibility index (Phi) is 5.35. The monoisotopic (exact) mass is 367 g/mol. The topological polar surface area (TPSA) is 61.4 Å². The van der Waals surface area contributed by atoms with E-state index < -0.39 is 0 Å². The van der Waals surface area contributed by atoms with Crippen molar-refractivity contribution in [3.05, 3.63) is 47.2 Å². The van der Waals surface area contributed by atoms with Gasteiger partial charge >= 0.3 is 0 Å². The highest BCUT2D eigenvalue weighted by molar-refractivity contribution is 5.92. The van der Waals surface area contributed by atoms with Gasteiger partial charge in [-0.25, -0.2) is 0 Å². The highest BCUT2D eigenvalue weighted by Crippen LogP contribution is 2.24. The normalized spacial score (nSPS) is 15.0. The van der Waals surface area contributed by atoms with Crippen LogP contribution >= 0.6 is 0 Å². The fraction of sp³-hybridized carbons (Fsp3) is 0.476. The molecule has 6 heteroatoms. The molecule has 0 aliphatic carbocycles. The Balaban J connectivity index is 1.62. The van der Waals surface area contributed by atoms with E-state index >= 15 is 0 Å². The summed E-state index contributed by atoms with van der Waals surface area (Å²) in [5, 5.41) is 11.5. The first-order chi connectivity index (χ1) is 12.7. The number of nitrogens with one attached hydrogen (secondary N) is 1. The first-order valence-electron chi connectivity index (χ1n) is 9.47. The SMILES string of the molecule is Cc1cccc(N2CCN(C(=O)c3ccc(NC(C)(C)C)nn3)CC2)c1C. The minimum Gasteiger partial charge on any atom is -0.368 e. The van der Waals surface area contributed by atoms with Gasteiger partial charge in [0.25, 0.3) is 5.91 Å². The number of anilines is 2. The molecule has 0 radical (unpaired) electrons. The Morgan fingerprint density at radius 3 is 2.30 bits per heavy atom. The van der Waals surface area contributed by atoms with Gasteiger partial charge in [0, 0.05) is 37.4 Å². The lowest BCUT2D eigenvalue weighted by Gasteiger charge is -2.36. The molecule has 0 saturated carbocycles. The van der Waals surface area contributed by atoms with Gasteiger partial charge in [-0.05, 0) is 63.9 Å². The molecule has 0 unspecified atom stereocenters. The van der Waals surface area contributed by atoms with Gasteiger partial charge in [0.1, 0.15) is 5.82 Å². The van der Waals surface area contributed by atoms with Gasteiger partial charge in [-0.2, -0.15) is 0 Å². The molecular weight excluding hydrogens is 338 g/mol. The van der Waals surface area contributed by atoms with E-state index in [-0.39, 0.29) is 11.4 Å². The van der Waals surface area contributed by atoms with Crippen LogP contribution in [0.1, 0.15) is 42.4 Å². The molecular formula is C21H29N5O. The molecule has 1 aromatic carbocycles. The Morgan fingerprint density at radius 1 is 1.00 bits per heavy atom. The van der Waals surface area contributed by atoms with Crippen molar-refractivity contribution in [2.24, 2.45) is 0 Å². The summed E-state index contributed by atoms with van der Waals surface area (Å²) in [5.41, 5.74) is 4.18. The molecule has 27 heavy (non-hydrogen) atoms. The van der Waals surface area contributed by atoms with Crippen LogP contribution in [0.25, 0.3) is 0 Å². The molecule has 2 heterocycles. The zero-order chi connectivity index (χ0) is 19.6. The molecule has 144 valence electrons. The number of nitrogens with zero attached hydrogens (tertiary/aromatic N) is 4. The first kappa shape index (κ1) is 19.1. The number of hydrogen-bond acceptors (Lipinski definition) is 5. The first-order valence-corrected chi connectivity index (χ1v) is 9.47. The smallest absolute Gasteiger partial charge is 0.274 e. The second kappa shape index (κ2) is 7.55. The van der Waals surface area contributed by atoms with Gasteiger partial charge in [0.05, 0.1) is 0 Å². The quantitative estimate of drug-likeness (QED) is 0.902.